The first-order valence-corrected chi connectivity index (χ1v) is 7.27. The van der Waals surface area contributed by atoms with Crippen LogP contribution in [0.3, 0.4) is 0 Å². The maximum atomic E-state index is 12.1. The van der Waals surface area contributed by atoms with Gasteiger partial charge in [-0.15, -0.1) is 0 Å². The Morgan fingerprint density at radius 2 is 2.10 bits per heavy atom. The van der Waals surface area contributed by atoms with Gasteiger partial charge in [-0.05, 0) is 33.3 Å². The molecule has 0 aliphatic carbocycles. The van der Waals surface area contributed by atoms with Crippen molar-refractivity contribution in [3.8, 4) is 0 Å². The highest BCUT2D eigenvalue weighted by molar-refractivity contribution is 6.01. The summed E-state index contributed by atoms with van der Waals surface area (Å²) in [4.78, 5) is 17.7. The molecule has 1 heterocycles. The van der Waals surface area contributed by atoms with Gasteiger partial charge in [-0.2, -0.15) is 0 Å². The first-order valence-electron chi connectivity index (χ1n) is 7.27. The second-order valence-corrected chi connectivity index (χ2v) is 5.77. The highest BCUT2D eigenvalue weighted by Crippen LogP contribution is 2.17. The molecule has 0 radical (unpaired) electrons. The van der Waals surface area contributed by atoms with Crippen LogP contribution in [0.4, 0.5) is 0 Å². The van der Waals surface area contributed by atoms with Crippen LogP contribution in [0.1, 0.15) is 44.4 Å². The number of nitrogens with one attached hydrogen (secondary N) is 1. The predicted molar refractivity (Wildman–Crippen MR) is 82.8 cm³/mol. The quantitative estimate of drug-likeness (QED) is 0.894. The Morgan fingerprint density at radius 1 is 1.38 bits per heavy atom. The Kier molecular flexibility index (Phi) is 4.63. The minimum absolute atomic E-state index is 0.0363. The Hall–Kier alpha value is -1.88. The average molecular weight is 289 g/mol. The monoisotopic (exact) mass is 289 g/mol. The highest BCUT2D eigenvalue weighted by atomic mass is 16.3. The van der Waals surface area contributed by atoms with E-state index in [9.17, 15) is 9.90 Å². The second kappa shape index (κ2) is 6.26. The van der Waals surface area contributed by atoms with Crippen LogP contribution in [0.5, 0.6) is 0 Å². The molecule has 2 unspecified atom stereocenters. The molecule has 2 N–H and O–H groups in total. The van der Waals surface area contributed by atoms with Crippen LogP contribution in [0.25, 0.3) is 0 Å². The van der Waals surface area contributed by atoms with Crippen LogP contribution in [-0.2, 0) is 4.79 Å². The third-order valence-corrected chi connectivity index (χ3v) is 3.61. The lowest BCUT2D eigenvalue weighted by Crippen LogP contribution is -2.50. The molecule has 0 saturated heterocycles. The standard InChI is InChI=1S/C16H23N3O2/c1-10(2)19-15(20)9-14(18-16(19)21)17-12(4)13-7-5-6-11(3)8-13/h5-8,10,12,16,21H,9H2,1-4H3,(H,17,18). The Morgan fingerprint density at radius 3 is 2.67 bits per heavy atom. The largest absolute Gasteiger partial charge is 0.367 e. The molecule has 0 aromatic heterocycles. The van der Waals surface area contributed by atoms with E-state index in [1.165, 1.54) is 10.5 Å². The van der Waals surface area contributed by atoms with Gasteiger partial charge < -0.3 is 10.4 Å². The van der Waals surface area contributed by atoms with E-state index in [1.54, 1.807) is 0 Å². The summed E-state index contributed by atoms with van der Waals surface area (Å²) < 4.78 is 0. The molecule has 114 valence electrons. The number of amides is 1. The summed E-state index contributed by atoms with van der Waals surface area (Å²) in [7, 11) is 0. The van der Waals surface area contributed by atoms with Gasteiger partial charge in [0.2, 0.25) is 12.3 Å². The normalized spacial score (nSPS) is 20.5. The van der Waals surface area contributed by atoms with Crippen LogP contribution in [0.15, 0.2) is 29.3 Å². The molecule has 21 heavy (non-hydrogen) atoms. The van der Waals surface area contributed by atoms with Crippen LogP contribution >= 0.6 is 0 Å². The topological polar surface area (TPSA) is 64.9 Å². The zero-order valence-electron chi connectivity index (χ0n) is 13.0. The van der Waals surface area contributed by atoms with E-state index in [0.29, 0.717) is 5.84 Å². The molecule has 5 heteroatoms. The molecule has 5 nitrogen and oxygen atoms in total. The van der Waals surface area contributed by atoms with Crippen molar-refractivity contribution in [2.45, 2.75) is 52.6 Å². The van der Waals surface area contributed by atoms with E-state index in [4.69, 9.17) is 0 Å². The molecule has 0 saturated carbocycles. The van der Waals surface area contributed by atoms with Crippen molar-refractivity contribution >= 4 is 11.7 Å². The lowest BCUT2D eigenvalue weighted by atomic mass is 10.1. The number of hydrogen-bond donors (Lipinski definition) is 2. The molecule has 0 fully saturated rings. The van der Waals surface area contributed by atoms with Crippen LogP contribution in [0, 0.1) is 6.92 Å². The van der Waals surface area contributed by atoms with Crippen LogP contribution in [-0.4, -0.2) is 34.1 Å². The summed E-state index contributed by atoms with van der Waals surface area (Å²) in [5.74, 6) is 0.435. The smallest absolute Gasteiger partial charge is 0.233 e. The lowest BCUT2D eigenvalue weighted by Gasteiger charge is -2.34. The molecule has 1 aromatic carbocycles. The maximum Gasteiger partial charge on any atom is 0.233 e. The van der Waals surface area contributed by atoms with Crippen molar-refractivity contribution in [1.29, 1.82) is 0 Å². The SMILES string of the molecule is Cc1cccc(C(C)NC2=NC(O)N(C(C)C)C(=O)C2)c1. The molecule has 0 spiro atoms. The fourth-order valence-corrected chi connectivity index (χ4v) is 2.53. The van der Waals surface area contributed by atoms with Gasteiger partial charge in [-0.3, -0.25) is 9.69 Å². The van der Waals surface area contributed by atoms with Gasteiger partial charge in [0.15, 0.2) is 0 Å². The van der Waals surface area contributed by atoms with Crippen LogP contribution in [0.2, 0.25) is 0 Å². The molecule has 0 bridgehead atoms. The molecule has 2 atom stereocenters. The summed E-state index contributed by atoms with van der Waals surface area (Å²) in [5, 5.41) is 13.2. The Labute approximate surface area is 125 Å². The van der Waals surface area contributed by atoms with E-state index in [-0.39, 0.29) is 24.4 Å². The molecule has 2 rings (SSSR count). The van der Waals surface area contributed by atoms with Crippen LogP contribution < -0.4 is 5.32 Å². The Balaban J connectivity index is 2.10. The van der Waals surface area contributed by atoms with E-state index < -0.39 is 6.35 Å². The van der Waals surface area contributed by atoms with E-state index in [1.807, 2.05) is 45.9 Å². The average Bonchev–Trinajstić information content (AvgIpc) is 2.37. The summed E-state index contributed by atoms with van der Waals surface area (Å²) in [5.41, 5.74) is 2.32. The summed E-state index contributed by atoms with van der Waals surface area (Å²) in [6, 6.07) is 8.15. The number of nitrogens with zero attached hydrogens (tertiary/aromatic N) is 2. The van der Waals surface area contributed by atoms with Crippen molar-refractivity contribution < 1.29 is 9.90 Å². The number of aliphatic hydroxyl groups is 1. The number of benzene rings is 1. The van der Waals surface area contributed by atoms with E-state index in [0.717, 1.165) is 5.56 Å². The number of amidine groups is 1. The van der Waals surface area contributed by atoms with Crippen molar-refractivity contribution in [3.63, 3.8) is 0 Å². The number of carbonyl (C=O) groups excluding carboxylic acids is 1. The third kappa shape index (κ3) is 3.61. The van der Waals surface area contributed by atoms with Gasteiger partial charge in [0.1, 0.15) is 5.84 Å². The first kappa shape index (κ1) is 15.5. The number of aliphatic imine (C=N–C) groups is 1. The number of aliphatic hydroxyl groups excluding tert-OH is 1. The van der Waals surface area contributed by atoms with Gasteiger partial charge >= 0.3 is 0 Å². The highest BCUT2D eigenvalue weighted by Gasteiger charge is 2.30. The van der Waals surface area contributed by atoms with E-state index >= 15 is 0 Å². The fraction of sp³-hybridized carbons (Fsp3) is 0.500. The minimum Gasteiger partial charge on any atom is -0.367 e. The van der Waals surface area contributed by atoms with Gasteiger partial charge in [0.05, 0.1) is 6.42 Å². The van der Waals surface area contributed by atoms with Gasteiger partial charge in [0.25, 0.3) is 0 Å². The second-order valence-electron chi connectivity index (χ2n) is 5.77. The van der Waals surface area contributed by atoms with Gasteiger partial charge in [0, 0.05) is 12.1 Å². The molecule has 1 amide bonds. The van der Waals surface area contributed by atoms with Gasteiger partial charge in [-0.25, -0.2) is 4.99 Å². The number of hydrogen-bond acceptors (Lipinski definition) is 4. The van der Waals surface area contributed by atoms with Crippen molar-refractivity contribution in [2.24, 2.45) is 4.99 Å². The number of rotatable bonds is 3. The molecule has 1 aliphatic rings. The summed E-state index contributed by atoms with van der Waals surface area (Å²) in [6.45, 7) is 7.79. The fourth-order valence-electron chi connectivity index (χ4n) is 2.53. The molecular weight excluding hydrogens is 266 g/mol. The van der Waals surface area contributed by atoms with Crippen molar-refractivity contribution in [2.75, 3.05) is 0 Å². The number of carbonyl (C=O) groups is 1. The third-order valence-electron chi connectivity index (χ3n) is 3.61. The maximum absolute atomic E-state index is 12.1. The Bertz CT molecular complexity index is 554. The summed E-state index contributed by atoms with van der Waals surface area (Å²) >= 11 is 0. The first-order chi connectivity index (χ1) is 9.88. The molecule has 1 aliphatic heterocycles. The zero-order valence-corrected chi connectivity index (χ0v) is 13.0. The minimum atomic E-state index is -1.10. The van der Waals surface area contributed by atoms with Crippen molar-refractivity contribution in [1.82, 2.24) is 10.2 Å². The van der Waals surface area contributed by atoms with Gasteiger partial charge in [-0.1, -0.05) is 29.8 Å². The molecule has 1 aromatic rings. The predicted octanol–water partition coefficient (Wildman–Crippen LogP) is 1.96. The summed E-state index contributed by atoms with van der Waals surface area (Å²) in [6.07, 6.45) is -0.899. The number of aryl methyl sites for hydroxylation is 1. The lowest BCUT2D eigenvalue weighted by molar-refractivity contribution is -0.143. The zero-order chi connectivity index (χ0) is 15.6. The van der Waals surface area contributed by atoms with Crippen molar-refractivity contribution in [3.05, 3.63) is 35.4 Å². The molecular formula is C16H23N3O2. The van der Waals surface area contributed by atoms with E-state index in [2.05, 4.69) is 16.4 Å².